The van der Waals surface area contributed by atoms with Crippen LogP contribution in [0.5, 0.6) is 0 Å². The van der Waals surface area contributed by atoms with Crippen LogP contribution in [0.2, 0.25) is 5.02 Å². The average molecular weight is 458 g/mol. The Hall–Kier alpha value is -2.58. The zero-order chi connectivity index (χ0) is 21.8. The van der Waals surface area contributed by atoms with E-state index in [1.54, 1.807) is 17.0 Å². The van der Waals surface area contributed by atoms with E-state index in [1.807, 2.05) is 24.3 Å². The molecule has 1 aliphatic rings. The molecule has 1 fully saturated rings. The number of amides is 2. The van der Waals surface area contributed by atoms with Gasteiger partial charge in [0.2, 0.25) is 11.8 Å². The first kappa shape index (κ1) is 21.6. The van der Waals surface area contributed by atoms with Crippen molar-refractivity contribution in [2.24, 2.45) is 5.92 Å². The number of benzene rings is 1. The third kappa shape index (κ3) is 5.02. The summed E-state index contributed by atoms with van der Waals surface area (Å²) in [7, 11) is 0. The predicted octanol–water partition coefficient (Wildman–Crippen LogP) is 4.07. The maximum atomic E-state index is 12.9. The Morgan fingerprint density at radius 2 is 2.10 bits per heavy atom. The largest absolute Gasteiger partial charge is 0.341 e. The maximum Gasteiger partial charge on any atom is 0.233 e. The molecular formula is C22H24ClN5O2S. The Balaban J connectivity index is 1.35. The molecule has 3 aromatic rings. The number of nitrogens with one attached hydrogen (secondary N) is 1. The molecule has 7 nitrogen and oxygen atoms in total. The number of pyridine rings is 1. The molecule has 0 aliphatic carbocycles. The molecule has 0 bridgehead atoms. The summed E-state index contributed by atoms with van der Waals surface area (Å²) in [5, 5.41) is 4.18. The highest BCUT2D eigenvalue weighted by Crippen LogP contribution is 2.25. The van der Waals surface area contributed by atoms with Crippen LogP contribution >= 0.6 is 23.4 Å². The highest BCUT2D eigenvalue weighted by Gasteiger charge is 2.29. The number of anilines is 1. The monoisotopic (exact) mass is 457 g/mol. The van der Waals surface area contributed by atoms with Crippen molar-refractivity contribution in [1.82, 2.24) is 19.4 Å². The molecule has 1 unspecified atom stereocenters. The van der Waals surface area contributed by atoms with Crippen LogP contribution in [-0.4, -0.2) is 50.1 Å². The fraction of sp³-hybridized carbons (Fsp3) is 0.364. The molecule has 1 atom stereocenters. The van der Waals surface area contributed by atoms with Crippen molar-refractivity contribution in [2.45, 2.75) is 31.5 Å². The maximum absolute atomic E-state index is 12.9. The molecule has 1 aromatic carbocycles. The number of halogens is 1. The van der Waals surface area contributed by atoms with Crippen molar-refractivity contribution in [3.8, 4) is 0 Å². The van der Waals surface area contributed by atoms with Gasteiger partial charge in [0, 0.05) is 25.8 Å². The Bertz CT molecular complexity index is 1090. The van der Waals surface area contributed by atoms with Crippen molar-refractivity contribution < 1.29 is 9.59 Å². The number of carbonyl (C=O) groups excluding carboxylic acids is 2. The Kier molecular flexibility index (Phi) is 6.77. The number of nitrogens with zero attached hydrogens (tertiary/aromatic N) is 4. The summed E-state index contributed by atoms with van der Waals surface area (Å²) in [4.78, 5) is 36.1. The molecule has 3 heterocycles. The van der Waals surface area contributed by atoms with Gasteiger partial charge >= 0.3 is 0 Å². The normalized spacial score (nSPS) is 16.5. The average Bonchev–Trinajstić information content (AvgIpc) is 3.16. The molecule has 2 aromatic heterocycles. The first-order valence-corrected chi connectivity index (χ1v) is 11.7. The molecular weight excluding hydrogens is 434 g/mol. The predicted molar refractivity (Wildman–Crippen MR) is 123 cm³/mol. The van der Waals surface area contributed by atoms with E-state index in [-0.39, 0.29) is 17.7 Å². The molecule has 1 aliphatic heterocycles. The topological polar surface area (TPSA) is 80.1 Å². The van der Waals surface area contributed by atoms with E-state index in [9.17, 15) is 9.59 Å². The summed E-state index contributed by atoms with van der Waals surface area (Å²) in [6.07, 6.45) is 3.05. The molecule has 31 heavy (non-hydrogen) atoms. The fourth-order valence-corrected chi connectivity index (χ4v) is 4.88. The van der Waals surface area contributed by atoms with E-state index >= 15 is 0 Å². The van der Waals surface area contributed by atoms with Gasteiger partial charge in [-0.25, -0.2) is 9.97 Å². The number of thioether (sulfide) groups is 1. The number of piperidine rings is 1. The lowest BCUT2D eigenvalue weighted by molar-refractivity contribution is -0.132. The Morgan fingerprint density at radius 1 is 1.26 bits per heavy atom. The van der Waals surface area contributed by atoms with E-state index in [1.165, 1.54) is 18.0 Å². The molecule has 0 spiro atoms. The van der Waals surface area contributed by atoms with Gasteiger partial charge in [0.05, 0.1) is 27.7 Å². The van der Waals surface area contributed by atoms with Gasteiger partial charge in [0.15, 0.2) is 5.16 Å². The second kappa shape index (κ2) is 9.70. The molecule has 162 valence electrons. The highest BCUT2D eigenvalue weighted by atomic mass is 35.5. The molecule has 0 radical (unpaired) electrons. The third-order valence-electron chi connectivity index (χ3n) is 5.38. The zero-order valence-corrected chi connectivity index (χ0v) is 18.8. The molecule has 1 saturated heterocycles. The molecule has 1 N–H and O–H groups in total. The van der Waals surface area contributed by atoms with E-state index in [4.69, 9.17) is 11.6 Å². The Labute approximate surface area is 190 Å². The molecule has 2 amide bonds. The lowest BCUT2D eigenvalue weighted by Gasteiger charge is -2.32. The van der Waals surface area contributed by atoms with Gasteiger partial charge in [0.1, 0.15) is 5.82 Å². The highest BCUT2D eigenvalue weighted by molar-refractivity contribution is 7.99. The van der Waals surface area contributed by atoms with Gasteiger partial charge in [0.25, 0.3) is 0 Å². The standard InChI is InChI=1S/C22H24ClN5O2S/c1-2-28-18-8-4-3-7-17(18)25-22(28)31-14-20(29)27-11-5-6-15(13-27)21(30)26-19-10-9-16(23)12-24-19/h3-4,7-10,12,15H,2,5-6,11,13-14H2,1H3,(H,24,26,30). The van der Waals surface area contributed by atoms with Gasteiger partial charge in [-0.2, -0.15) is 0 Å². The molecule has 9 heteroatoms. The van der Waals surface area contributed by atoms with E-state index in [0.29, 0.717) is 29.7 Å². The van der Waals surface area contributed by atoms with Gasteiger partial charge in [-0.3, -0.25) is 9.59 Å². The fourth-order valence-electron chi connectivity index (χ4n) is 3.78. The number of fused-ring (bicyclic) bond motifs is 1. The lowest BCUT2D eigenvalue weighted by atomic mass is 9.97. The number of carbonyl (C=O) groups is 2. The second-order valence-electron chi connectivity index (χ2n) is 7.45. The van der Waals surface area contributed by atoms with Gasteiger partial charge in [-0.05, 0) is 44.0 Å². The van der Waals surface area contributed by atoms with Crippen molar-refractivity contribution in [3.63, 3.8) is 0 Å². The van der Waals surface area contributed by atoms with Crippen molar-refractivity contribution in [2.75, 3.05) is 24.2 Å². The van der Waals surface area contributed by atoms with Crippen LogP contribution in [0.15, 0.2) is 47.8 Å². The van der Waals surface area contributed by atoms with Crippen molar-refractivity contribution in [1.29, 1.82) is 0 Å². The number of imidazole rings is 1. The van der Waals surface area contributed by atoms with Gasteiger partial charge < -0.3 is 14.8 Å². The van der Waals surface area contributed by atoms with Gasteiger partial charge in [-0.1, -0.05) is 35.5 Å². The van der Waals surface area contributed by atoms with Crippen molar-refractivity contribution >= 4 is 52.0 Å². The van der Waals surface area contributed by atoms with Crippen LogP contribution in [0.25, 0.3) is 11.0 Å². The van der Waals surface area contributed by atoms with Crippen LogP contribution in [0.3, 0.4) is 0 Å². The number of aromatic nitrogens is 3. The second-order valence-corrected chi connectivity index (χ2v) is 8.82. The van der Waals surface area contributed by atoms with E-state index in [2.05, 4.69) is 26.8 Å². The summed E-state index contributed by atoms with van der Waals surface area (Å²) in [6, 6.07) is 11.3. The summed E-state index contributed by atoms with van der Waals surface area (Å²) in [6.45, 7) is 3.96. The number of rotatable bonds is 6. The quantitative estimate of drug-likeness (QED) is 0.564. The summed E-state index contributed by atoms with van der Waals surface area (Å²) in [5.74, 6) is 0.429. The number of para-hydroxylation sites is 2. The smallest absolute Gasteiger partial charge is 0.233 e. The zero-order valence-electron chi connectivity index (χ0n) is 17.3. The van der Waals surface area contributed by atoms with Gasteiger partial charge in [-0.15, -0.1) is 0 Å². The Morgan fingerprint density at radius 3 is 2.87 bits per heavy atom. The minimum Gasteiger partial charge on any atom is -0.341 e. The number of hydrogen-bond donors (Lipinski definition) is 1. The van der Waals surface area contributed by atoms with Crippen LogP contribution in [0, 0.1) is 5.92 Å². The number of likely N-dealkylation sites (tertiary alicyclic amines) is 1. The minimum atomic E-state index is -0.250. The SMILES string of the molecule is CCn1c(SCC(=O)N2CCCC(C(=O)Nc3ccc(Cl)cn3)C2)nc2ccccc21. The van der Waals surface area contributed by atoms with Crippen LogP contribution < -0.4 is 5.32 Å². The third-order valence-corrected chi connectivity index (χ3v) is 6.57. The first-order valence-electron chi connectivity index (χ1n) is 10.3. The number of aryl methyl sites for hydroxylation is 1. The van der Waals surface area contributed by atoms with E-state index < -0.39 is 0 Å². The summed E-state index contributed by atoms with van der Waals surface area (Å²) >= 11 is 7.29. The molecule has 4 rings (SSSR count). The lowest BCUT2D eigenvalue weighted by Crippen LogP contribution is -2.44. The van der Waals surface area contributed by atoms with Crippen LogP contribution in [0.4, 0.5) is 5.82 Å². The summed E-state index contributed by atoms with van der Waals surface area (Å²) in [5.41, 5.74) is 2.01. The summed E-state index contributed by atoms with van der Waals surface area (Å²) < 4.78 is 2.12. The first-order chi connectivity index (χ1) is 15.0. The van der Waals surface area contributed by atoms with Crippen LogP contribution in [0.1, 0.15) is 19.8 Å². The minimum absolute atomic E-state index is 0.0295. The number of hydrogen-bond acceptors (Lipinski definition) is 5. The van der Waals surface area contributed by atoms with Crippen molar-refractivity contribution in [3.05, 3.63) is 47.6 Å². The van der Waals surface area contributed by atoms with Crippen LogP contribution in [-0.2, 0) is 16.1 Å². The molecule has 0 saturated carbocycles. The van der Waals surface area contributed by atoms with E-state index in [0.717, 1.165) is 35.6 Å².